The number of piperazine rings is 1. The van der Waals surface area contributed by atoms with Gasteiger partial charge in [-0.2, -0.15) is 0 Å². The van der Waals surface area contributed by atoms with Crippen LogP contribution in [0.2, 0.25) is 0 Å². The van der Waals surface area contributed by atoms with E-state index in [1.807, 2.05) is 0 Å². The number of hydrogen-bond donors (Lipinski definition) is 0. The fourth-order valence-corrected chi connectivity index (χ4v) is 5.47. The number of carbonyl (C=O) groups is 2. The summed E-state index contributed by atoms with van der Waals surface area (Å²) >= 11 is 0. The third-order valence-corrected chi connectivity index (χ3v) is 7.64. The number of anilines is 1. The Morgan fingerprint density at radius 1 is 0.839 bits per heavy atom. The van der Waals surface area contributed by atoms with Crippen LogP contribution < -0.4 is 4.31 Å². The fraction of sp³-hybridized carbons (Fsp3) is 0.364. The molecule has 2 heterocycles. The van der Waals surface area contributed by atoms with Crippen molar-refractivity contribution in [3.63, 3.8) is 0 Å². The van der Waals surface area contributed by atoms with Gasteiger partial charge in [-0.25, -0.2) is 12.8 Å². The highest BCUT2D eigenvalue weighted by molar-refractivity contribution is 7.93. The van der Waals surface area contributed by atoms with Gasteiger partial charge in [0.1, 0.15) is 5.82 Å². The van der Waals surface area contributed by atoms with Gasteiger partial charge in [-0.05, 0) is 55.3 Å². The molecule has 0 aromatic heterocycles. The molecule has 2 amide bonds. The average Bonchev–Trinajstić information content (AvgIpc) is 3.14. The molecule has 0 saturated carbocycles. The summed E-state index contributed by atoms with van der Waals surface area (Å²) < 4.78 is 39.2. The van der Waals surface area contributed by atoms with Crippen LogP contribution in [-0.4, -0.2) is 68.5 Å². The third-order valence-electron chi connectivity index (χ3n) is 5.77. The maximum Gasteiger partial charge on any atom is 0.254 e. The summed E-state index contributed by atoms with van der Waals surface area (Å²) in [5.74, 6) is -0.678. The average molecular weight is 446 g/mol. The largest absolute Gasteiger partial charge is 0.335 e. The van der Waals surface area contributed by atoms with Gasteiger partial charge < -0.3 is 9.80 Å². The molecule has 0 atom stereocenters. The van der Waals surface area contributed by atoms with E-state index in [4.69, 9.17) is 0 Å². The number of carbonyl (C=O) groups excluding carboxylic acids is 2. The zero-order chi connectivity index (χ0) is 22.2. The first-order chi connectivity index (χ1) is 14.8. The third kappa shape index (κ3) is 4.27. The van der Waals surface area contributed by atoms with Crippen molar-refractivity contribution in [3.05, 3.63) is 65.0 Å². The van der Waals surface area contributed by atoms with E-state index in [-0.39, 0.29) is 17.6 Å². The minimum Gasteiger partial charge on any atom is -0.335 e. The van der Waals surface area contributed by atoms with Gasteiger partial charge in [-0.15, -0.1) is 0 Å². The number of benzene rings is 2. The molecular weight excluding hydrogens is 421 g/mol. The molecule has 0 aliphatic carbocycles. The van der Waals surface area contributed by atoms with Gasteiger partial charge in [0.05, 0.1) is 11.4 Å². The first-order valence-electron chi connectivity index (χ1n) is 10.2. The lowest BCUT2D eigenvalue weighted by molar-refractivity contribution is 0.0535. The van der Waals surface area contributed by atoms with Crippen LogP contribution in [0.25, 0.3) is 0 Å². The molecular formula is C22H24FN3O4S. The molecule has 31 heavy (non-hydrogen) atoms. The Morgan fingerprint density at radius 3 is 1.90 bits per heavy atom. The second-order valence-electron chi connectivity index (χ2n) is 7.84. The lowest BCUT2D eigenvalue weighted by Crippen LogP contribution is -2.50. The van der Waals surface area contributed by atoms with Crippen LogP contribution >= 0.6 is 0 Å². The van der Waals surface area contributed by atoms with Crippen molar-refractivity contribution in [2.75, 3.05) is 42.8 Å². The van der Waals surface area contributed by atoms with E-state index in [9.17, 15) is 22.4 Å². The Hall–Kier alpha value is -2.94. The number of halogens is 1. The molecule has 9 heteroatoms. The zero-order valence-electron chi connectivity index (χ0n) is 17.3. The molecule has 2 aromatic rings. The maximum atomic E-state index is 13.8. The monoisotopic (exact) mass is 445 g/mol. The normalized spacial score (nSPS) is 18.3. The van der Waals surface area contributed by atoms with Crippen molar-refractivity contribution in [2.24, 2.45) is 0 Å². The van der Waals surface area contributed by atoms with E-state index in [1.54, 1.807) is 53.1 Å². The Morgan fingerprint density at radius 2 is 1.39 bits per heavy atom. The van der Waals surface area contributed by atoms with Gasteiger partial charge in [0.15, 0.2) is 0 Å². The summed E-state index contributed by atoms with van der Waals surface area (Å²) in [4.78, 5) is 28.7. The van der Waals surface area contributed by atoms with Gasteiger partial charge in [0.2, 0.25) is 10.0 Å². The van der Waals surface area contributed by atoms with Gasteiger partial charge in [-0.3, -0.25) is 13.9 Å². The van der Waals surface area contributed by atoms with Crippen molar-refractivity contribution >= 4 is 27.5 Å². The van der Waals surface area contributed by atoms with Crippen LogP contribution in [0, 0.1) is 12.7 Å². The smallest absolute Gasteiger partial charge is 0.254 e. The predicted molar refractivity (Wildman–Crippen MR) is 115 cm³/mol. The number of rotatable bonds is 3. The van der Waals surface area contributed by atoms with Crippen LogP contribution in [0.3, 0.4) is 0 Å². The highest BCUT2D eigenvalue weighted by atomic mass is 32.2. The van der Waals surface area contributed by atoms with E-state index in [2.05, 4.69) is 0 Å². The molecule has 0 bridgehead atoms. The molecule has 7 nitrogen and oxygen atoms in total. The topological polar surface area (TPSA) is 78.0 Å². The molecule has 0 radical (unpaired) electrons. The minimum atomic E-state index is -3.26. The van der Waals surface area contributed by atoms with E-state index in [0.717, 1.165) is 0 Å². The van der Waals surface area contributed by atoms with Gasteiger partial charge in [0.25, 0.3) is 11.8 Å². The van der Waals surface area contributed by atoms with Gasteiger partial charge in [0, 0.05) is 43.9 Å². The van der Waals surface area contributed by atoms with Crippen LogP contribution in [0.15, 0.2) is 42.5 Å². The van der Waals surface area contributed by atoms with Crippen LogP contribution in [0.1, 0.15) is 32.7 Å². The van der Waals surface area contributed by atoms with Crippen molar-refractivity contribution in [3.8, 4) is 0 Å². The highest BCUT2D eigenvalue weighted by Gasteiger charge is 2.29. The first kappa shape index (κ1) is 21.3. The van der Waals surface area contributed by atoms with Crippen molar-refractivity contribution in [1.82, 2.24) is 9.80 Å². The number of amides is 2. The lowest BCUT2D eigenvalue weighted by atomic mass is 10.1. The Kier molecular flexibility index (Phi) is 5.70. The highest BCUT2D eigenvalue weighted by Crippen LogP contribution is 2.24. The number of aryl methyl sites for hydroxylation is 1. The molecule has 0 unspecified atom stereocenters. The van der Waals surface area contributed by atoms with Gasteiger partial charge in [-0.1, -0.05) is 6.07 Å². The summed E-state index contributed by atoms with van der Waals surface area (Å²) in [5, 5.41) is 0. The van der Waals surface area contributed by atoms with Crippen molar-refractivity contribution < 1.29 is 22.4 Å². The summed E-state index contributed by atoms with van der Waals surface area (Å²) in [6.45, 7) is 3.58. The Balaban J connectivity index is 1.38. The molecule has 2 aromatic carbocycles. The molecule has 2 aliphatic heterocycles. The summed E-state index contributed by atoms with van der Waals surface area (Å²) in [6.07, 6.45) is 0.598. The standard InChI is InChI=1S/C22H24FN3O4S/c1-16-3-4-18(15-20(16)23)22(28)25-12-10-24(11-13-25)21(27)17-5-7-19(8-6-17)26-9-2-14-31(26,29)30/h3-8,15H,2,9-14H2,1H3. The lowest BCUT2D eigenvalue weighted by Gasteiger charge is -2.35. The number of sulfonamides is 1. The Labute approximate surface area is 181 Å². The van der Waals surface area contributed by atoms with E-state index in [1.165, 1.54) is 10.4 Å². The predicted octanol–water partition coefficient (Wildman–Crippen LogP) is 2.27. The van der Waals surface area contributed by atoms with Crippen LogP contribution in [0.5, 0.6) is 0 Å². The van der Waals surface area contributed by atoms with E-state index in [0.29, 0.717) is 61.5 Å². The molecule has 0 N–H and O–H groups in total. The molecule has 164 valence electrons. The fourth-order valence-electron chi connectivity index (χ4n) is 3.90. The second kappa shape index (κ2) is 8.30. The quantitative estimate of drug-likeness (QED) is 0.726. The number of hydrogen-bond acceptors (Lipinski definition) is 4. The SMILES string of the molecule is Cc1ccc(C(=O)N2CCN(C(=O)c3ccc(N4CCCS4(=O)=O)cc3)CC2)cc1F. The summed E-state index contributed by atoms with van der Waals surface area (Å²) in [7, 11) is -3.26. The molecule has 4 rings (SSSR count). The first-order valence-corrected chi connectivity index (χ1v) is 11.8. The van der Waals surface area contributed by atoms with Crippen molar-refractivity contribution in [2.45, 2.75) is 13.3 Å². The van der Waals surface area contributed by atoms with Crippen LogP contribution in [-0.2, 0) is 10.0 Å². The second-order valence-corrected chi connectivity index (χ2v) is 9.85. The molecule has 2 fully saturated rings. The Bertz CT molecular complexity index is 1110. The number of nitrogens with zero attached hydrogens (tertiary/aromatic N) is 3. The van der Waals surface area contributed by atoms with Crippen LogP contribution in [0.4, 0.5) is 10.1 Å². The molecule has 0 spiro atoms. The zero-order valence-corrected chi connectivity index (χ0v) is 18.1. The molecule has 2 saturated heterocycles. The summed E-state index contributed by atoms with van der Waals surface area (Å²) in [6, 6.07) is 11.0. The van der Waals surface area contributed by atoms with E-state index >= 15 is 0 Å². The maximum absolute atomic E-state index is 13.8. The van der Waals surface area contributed by atoms with E-state index < -0.39 is 15.8 Å². The minimum absolute atomic E-state index is 0.145. The van der Waals surface area contributed by atoms with Crippen molar-refractivity contribution in [1.29, 1.82) is 0 Å². The summed E-state index contributed by atoms with van der Waals surface area (Å²) in [5.41, 5.74) is 1.83. The van der Waals surface area contributed by atoms with Gasteiger partial charge >= 0.3 is 0 Å². The molecule has 2 aliphatic rings.